The Morgan fingerprint density at radius 1 is 1.36 bits per heavy atom. The van der Waals surface area contributed by atoms with Gasteiger partial charge in [-0.05, 0) is 37.5 Å². The molecule has 7 heteroatoms. The van der Waals surface area contributed by atoms with E-state index in [-0.39, 0.29) is 12.1 Å². The number of rotatable bonds is 5. The van der Waals surface area contributed by atoms with E-state index in [2.05, 4.69) is 16.5 Å². The van der Waals surface area contributed by atoms with Crippen LogP contribution in [0.5, 0.6) is 5.75 Å². The van der Waals surface area contributed by atoms with Gasteiger partial charge in [-0.3, -0.25) is 4.90 Å². The lowest BCUT2D eigenvalue weighted by molar-refractivity contribution is 0.159. The molecule has 1 aromatic carbocycles. The number of benzene rings is 1. The lowest BCUT2D eigenvalue weighted by Crippen LogP contribution is -2.44. The van der Waals surface area contributed by atoms with Crippen LogP contribution in [0.15, 0.2) is 18.2 Å². The molecule has 0 radical (unpaired) electrons. The summed E-state index contributed by atoms with van der Waals surface area (Å²) in [4.78, 5) is 2.35. The fraction of sp³-hybridized carbons (Fsp3) is 0.600. The first-order valence-corrected chi connectivity index (χ1v) is 9.62. The molecule has 0 saturated carbocycles. The summed E-state index contributed by atoms with van der Waals surface area (Å²) in [6.45, 7) is 3.86. The zero-order chi connectivity index (χ0) is 16.3. The second-order valence-electron chi connectivity index (χ2n) is 5.77. The third kappa shape index (κ3) is 4.59. The molecule has 5 nitrogen and oxygen atoms in total. The number of piperidine rings is 1. The van der Waals surface area contributed by atoms with Crippen LogP contribution in [-0.4, -0.2) is 45.8 Å². The number of methoxy groups -OCH3 is 1. The Labute approximate surface area is 137 Å². The maximum Gasteiger partial charge on any atom is 0.208 e. The molecule has 1 heterocycles. The van der Waals surface area contributed by atoms with Crippen molar-refractivity contribution in [2.45, 2.75) is 31.8 Å². The van der Waals surface area contributed by atoms with E-state index < -0.39 is 10.0 Å². The van der Waals surface area contributed by atoms with Crippen molar-refractivity contribution in [1.29, 1.82) is 0 Å². The van der Waals surface area contributed by atoms with Crippen LogP contribution in [0.25, 0.3) is 0 Å². The van der Waals surface area contributed by atoms with Gasteiger partial charge in [0.2, 0.25) is 10.0 Å². The zero-order valence-corrected chi connectivity index (χ0v) is 14.7. The van der Waals surface area contributed by atoms with Gasteiger partial charge in [-0.2, -0.15) is 0 Å². The molecule has 0 aromatic heterocycles. The van der Waals surface area contributed by atoms with Gasteiger partial charge in [0.1, 0.15) is 5.75 Å². The molecule has 0 bridgehead atoms. The smallest absolute Gasteiger partial charge is 0.208 e. The molecular formula is C15H23ClN2O3S. The highest BCUT2D eigenvalue weighted by Crippen LogP contribution is 2.31. The first-order valence-electron chi connectivity index (χ1n) is 7.35. The average molecular weight is 347 g/mol. The number of sulfonamides is 1. The number of hydrogen-bond donors (Lipinski definition) is 1. The predicted octanol–water partition coefficient (Wildman–Crippen LogP) is 2.42. The summed E-state index contributed by atoms with van der Waals surface area (Å²) in [6, 6.07) is 6.12. The largest absolute Gasteiger partial charge is 0.495 e. The maximum absolute atomic E-state index is 11.3. The van der Waals surface area contributed by atoms with Gasteiger partial charge in [0.25, 0.3) is 0 Å². The van der Waals surface area contributed by atoms with Gasteiger partial charge in [-0.1, -0.05) is 17.7 Å². The Hall–Kier alpha value is -0.820. The Morgan fingerprint density at radius 2 is 2.00 bits per heavy atom. The predicted molar refractivity (Wildman–Crippen MR) is 89.0 cm³/mol. The van der Waals surface area contributed by atoms with Gasteiger partial charge in [0, 0.05) is 25.2 Å². The Bertz CT molecular complexity index is 613. The summed E-state index contributed by atoms with van der Waals surface area (Å²) in [5, 5.41) is 0.612. The van der Waals surface area contributed by atoms with Crippen LogP contribution in [0.2, 0.25) is 5.02 Å². The van der Waals surface area contributed by atoms with Gasteiger partial charge >= 0.3 is 0 Å². The number of halogens is 1. The van der Waals surface area contributed by atoms with Crippen molar-refractivity contribution < 1.29 is 13.2 Å². The number of likely N-dealkylation sites (tertiary alicyclic amines) is 1. The Balaban J connectivity index is 1.97. The molecule has 1 N–H and O–H groups in total. The van der Waals surface area contributed by atoms with Crippen LogP contribution in [0.1, 0.15) is 31.4 Å². The van der Waals surface area contributed by atoms with E-state index in [1.807, 2.05) is 18.2 Å². The monoisotopic (exact) mass is 346 g/mol. The lowest BCUT2D eigenvalue weighted by atomic mass is 10.0. The molecule has 1 fully saturated rings. The van der Waals surface area contributed by atoms with E-state index in [1.165, 1.54) is 6.26 Å². The van der Waals surface area contributed by atoms with Crippen LogP contribution in [-0.2, 0) is 10.0 Å². The van der Waals surface area contributed by atoms with Gasteiger partial charge in [-0.25, -0.2) is 13.1 Å². The van der Waals surface area contributed by atoms with Crippen molar-refractivity contribution in [3.63, 3.8) is 0 Å². The van der Waals surface area contributed by atoms with E-state index >= 15 is 0 Å². The van der Waals surface area contributed by atoms with Crippen LogP contribution in [0.3, 0.4) is 0 Å². The van der Waals surface area contributed by atoms with E-state index in [4.69, 9.17) is 16.3 Å². The fourth-order valence-corrected chi connectivity index (χ4v) is 3.97. The minimum Gasteiger partial charge on any atom is -0.495 e. The summed E-state index contributed by atoms with van der Waals surface area (Å²) >= 11 is 6.19. The molecule has 124 valence electrons. The molecule has 0 aliphatic carbocycles. The van der Waals surface area contributed by atoms with Gasteiger partial charge < -0.3 is 4.74 Å². The minimum absolute atomic E-state index is 0.0397. The molecule has 1 aliphatic heterocycles. The summed E-state index contributed by atoms with van der Waals surface area (Å²) in [5.41, 5.74) is 1.14. The SMILES string of the molecule is COc1ccc([C@H](C)N2CCC(NS(C)(=O)=O)CC2)cc1Cl. The highest BCUT2D eigenvalue weighted by molar-refractivity contribution is 7.88. The molecule has 22 heavy (non-hydrogen) atoms. The minimum atomic E-state index is -3.13. The summed E-state index contributed by atoms with van der Waals surface area (Å²) in [7, 11) is -1.53. The molecule has 1 aromatic rings. The maximum atomic E-state index is 11.3. The summed E-state index contributed by atoms with van der Waals surface area (Å²) in [6.07, 6.45) is 2.85. The lowest BCUT2D eigenvalue weighted by Gasteiger charge is -2.36. The first kappa shape index (κ1) is 17.5. The topological polar surface area (TPSA) is 58.6 Å². The summed E-state index contributed by atoms with van der Waals surface area (Å²) < 4.78 is 30.4. The molecule has 1 aliphatic rings. The van der Waals surface area contributed by atoms with Crippen molar-refractivity contribution >= 4 is 21.6 Å². The van der Waals surface area contributed by atoms with E-state index in [0.29, 0.717) is 10.8 Å². The highest BCUT2D eigenvalue weighted by atomic mass is 35.5. The Morgan fingerprint density at radius 3 is 2.50 bits per heavy atom. The number of hydrogen-bond acceptors (Lipinski definition) is 4. The number of nitrogens with zero attached hydrogens (tertiary/aromatic N) is 1. The molecule has 0 spiro atoms. The summed E-state index contributed by atoms with van der Waals surface area (Å²) in [5.74, 6) is 0.675. The van der Waals surface area contributed by atoms with Gasteiger partial charge in [-0.15, -0.1) is 0 Å². The molecule has 0 unspecified atom stereocenters. The number of nitrogens with one attached hydrogen (secondary N) is 1. The third-order valence-corrected chi connectivity index (χ3v) is 5.17. The fourth-order valence-electron chi connectivity index (χ4n) is 2.86. The standard InChI is InChI=1S/C15H23ClN2O3S/c1-11(12-4-5-15(21-2)14(16)10-12)18-8-6-13(7-9-18)17-22(3,19)20/h4-5,10-11,13,17H,6-9H2,1-3H3/t11-/m0/s1. The third-order valence-electron chi connectivity index (χ3n) is 4.12. The molecule has 1 saturated heterocycles. The molecule has 1 atom stereocenters. The second-order valence-corrected chi connectivity index (χ2v) is 7.96. The molecule has 0 amide bonds. The quantitative estimate of drug-likeness (QED) is 0.889. The van der Waals surface area contributed by atoms with Gasteiger partial charge in [0.05, 0.1) is 18.4 Å². The van der Waals surface area contributed by atoms with Crippen LogP contribution < -0.4 is 9.46 Å². The average Bonchev–Trinajstić information content (AvgIpc) is 2.45. The van der Waals surface area contributed by atoms with Crippen molar-refractivity contribution in [1.82, 2.24) is 9.62 Å². The van der Waals surface area contributed by atoms with Gasteiger partial charge in [0.15, 0.2) is 0 Å². The van der Waals surface area contributed by atoms with Crippen molar-refractivity contribution in [3.8, 4) is 5.75 Å². The van der Waals surface area contributed by atoms with Crippen LogP contribution in [0, 0.1) is 0 Å². The Kier molecular flexibility index (Phi) is 5.71. The molecular weight excluding hydrogens is 324 g/mol. The normalized spacial score (nSPS) is 19.1. The second kappa shape index (κ2) is 7.17. The number of ether oxygens (including phenoxy) is 1. The molecule has 2 rings (SSSR count). The van der Waals surface area contributed by atoms with Crippen molar-refractivity contribution in [3.05, 3.63) is 28.8 Å². The zero-order valence-electron chi connectivity index (χ0n) is 13.2. The van der Waals surface area contributed by atoms with Crippen LogP contribution in [0.4, 0.5) is 0 Å². The van der Waals surface area contributed by atoms with Crippen molar-refractivity contribution in [2.24, 2.45) is 0 Å². The van der Waals surface area contributed by atoms with Crippen LogP contribution >= 0.6 is 11.6 Å². The van der Waals surface area contributed by atoms with E-state index in [9.17, 15) is 8.42 Å². The first-order chi connectivity index (χ1) is 10.3. The van der Waals surface area contributed by atoms with E-state index in [1.54, 1.807) is 7.11 Å². The van der Waals surface area contributed by atoms with E-state index in [0.717, 1.165) is 31.5 Å². The highest BCUT2D eigenvalue weighted by Gasteiger charge is 2.25. The van der Waals surface area contributed by atoms with Crippen molar-refractivity contribution in [2.75, 3.05) is 26.5 Å².